The Hall–Kier alpha value is -1.02. The lowest BCUT2D eigenvalue weighted by molar-refractivity contribution is 0.304. The fourth-order valence-corrected chi connectivity index (χ4v) is 2.35. The van der Waals surface area contributed by atoms with Gasteiger partial charge in [0.15, 0.2) is 0 Å². The van der Waals surface area contributed by atoms with Crippen LogP contribution >= 0.6 is 0 Å². The summed E-state index contributed by atoms with van der Waals surface area (Å²) in [6.07, 6.45) is 10.3. The first-order valence-electron chi connectivity index (χ1n) is 8.79. The van der Waals surface area contributed by atoms with Gasteiger partial charge in [-0.05, 0) is 37.1 Å². The number of hydrogen-bond donors (Lipinski definition) is 1. The highest BCUT2D eigenvalue weighted by molar-refractivity contribution is 5.28. The quantitative estimate of drug-likeness (QED) is 0.497. The molecule has 0 fully saturated rings. The van der Waals surface area contributed by atoms with E-state index in [4.69, 9.17) is 4.74 Å². The van der Waals surface area contributed by atoms with Crippen LogP contribution in [-0.4, -0.2) is 13.2 Å². The molecule has 0 aliphatic rings. The Morgan fingerprint density at radius 1 is 0.905 bits per heavy atom. The predicted molar refractivity (Wildman–Crippen MR) is 91.9 cm³/mol. The minimum Gasteiger partial charge on any atom is -0.494 e. The van der Waals surface area contributed by atoms with Crippen LogP contribution in [-0.2, 0) is 6.54 Å². The molecule has 1 rings (SSSR count). The number of unbranched alkanes of at least 4 members (excludes halogenated alkanes) is 6. The van der Waals surface area contributed by atoms with Crippen molar-refractivity contribution in [2.24, 2.45) is 0 Å². The molecular weight excluding hydrogens is 258 g/mol. The van der Waals surface area contributed by atoms with Crippen LogP contribution in [0.25, 0.3) is 0 Å². The molecule has 0 saturated heterocycles. The van der Waals surface area contributed by atoms with Crippen LogP contribution in [0, 0.1) is 0 Å². The minimum absolute atomic E-state index is 0.846. The Kier molecular flexibility index (Phi) is 10.9. The molecule has 0 bridgehead atoms. The van der Waals surface area contributed by atoms with Crippen LogP contribution < -0.4 is 10.1 Å². The number of ether oxygens (including phenoxy) is 1. The standard InChI is InChI=1S/C19H33NO/c1-3-5-7-8-9-10-15-21-19-13-11-12-18(16-19)17-20-14-6-4-2/h11-13,16,20H,3-10,14-15,17H2,1-2H3. The monoisotopic (exact) mass is 291 g/mol. The summed E-state index contributed by atoms with van der Waals surface area (Å²) in [5.74, 6) is 1.01. The molecule has 0 unspecified atom stereocenters. The molecule has 1 N–H and O–H groups in total. The fourth-order valence-electron chi connectivity index (χ4n) is 2.35. The van der Waals surface area contributed by atoms with Gasteiger partial charge in [0.25, 0.3) is 0 Å². The van der Waals surface area contributed by atoms with Crippen molar-refractivity contribution >= 4 is 0 Å². The summed E-state index contributed by atoms with van der Waals surface area (Å²) in [6, 6.07) is 8.48. The zero-order valence-corrected chi connectivity index (χ0v) is 14.0. The Morgan fingerprint density at radius 3 is 2.48 bits per heavy atom. The molecule has 0 saturated carbocycles. The third kappa shape index (κ3) is 9.52. The van der Waals surface area contributed by atoms with E-state index in [0.717, 1.165) is 25.4 Å². The topological polar surface area (TPSA) is 21.3 Å². The van der Waals surface area contributed by atoms with Crippen LogP contribution in [0.3, 0.4) is 0 Å². The Balaban J connectivity index is 2.14. The van der Waals surface area contributed by atoms with E-state index in [-0.39, 0.29) is 0 Å². The van der Waals surface area contributed by atoms with E-state index in [1.807, 2.05) is 0 Å². The van der Waals surface area contributed by atoms with Gasteiger partial charge < -0.3 is 10.1 Å². The summed E-state index contributed by atoms with van der Waals surface area (Å²) < 4.78 is 5.85. The van der Waals surface area contributed by atoms with Gasteiger partial charge in [-0.3, -0.25) is 0 Å². The molecule has 120 valence electrons. The molecule has 1 aromatic rings. The first-order chi connectivity index (χ1) is 10.4. The number of nitrogens with one attached hydrogen (secondary N) is 1. The first kappa shape index (κ1) is 18.0. The van der Waals surface area contributed by atoms with Crippen LogP contribution in [0.4, 0.5) is 0 Å². The van der Waals surface area contributed by atoms with Crippen LogP contribution in [0.5, 0.6) is 5.75 Å². The van der Waals surface area contributed by atoms with Gasteiger partial charge in [0.05, 0.1) is 6.61 Å². The molecule has 1 aromatic carbocycles. The van der Waals surface area contributed by atoms with E-state index in [9.17, 15) is 0 Å². The highest BCUT2D eigenvalue weighted by Crippen LogP contribution is 2.14. The molecule has 0 amide bonds. The lowest BCUT2D eigenvalue weighted by Crippen LogP contribution is -2.14. The van der Waals surface area contributed by atoms with Gasteiger partial charge in [0, 0.05) is 6.54 Å². The summed E-state index contributed by atoms with van der Waals surface area (Å²) in [4.78, 5) is 0. The second-order valence-corrected chi connectivity index (χ2v) is 5.79. The second-order valence-electron chi connectivity index (χ2n) is 5.79. The van der Waals surface area contributed by atoms with Crippen molar-refractivity contribution in [3.63, 3.8) is 0 Å². The lowest BCUT2D eigenvalue weighted by Gasteiger charge is -2.09. The SMILES string of the molecule is CCCCCCCCOc1cccc(CNCCCC)c1. The maximum atomic E-state index is 5.85. The highest BCUT2D eigenvalue weighted by atomic mass is 16.5. The molecular formula is C19H33NO. The average Bonchev–Trinajstić information content (AvgIpc) is 2.51. The van der Waals surface area contributed by atoms with E-state index in [0.29, 0.717) is 0 Å². The lowest BCUT2D eigenvalue weighted by atomic mass is 10.1. The smallest absolute Gasteiger partial charge is 0.119 e. The van der Waals surface area contributed by atoms with Crippen LogP contribution in [0.15, 0.2) is 24.3 Å². The third-order valence-electron chi connectivity index (χ3n) is 3.70. The van der Waals surface area contributed by atoms with Gasteiger partial charge in [0.1, 0.15) is 5.75 Å². The molecule has 2 nitrogen and oxygen atoms in total. The van der Waals surface area contributed by atoms with Gasteiger partial charge in [-0.2, -0.15) is 0 Å². The molecule has 0 aliphatic carbocycles. The fraction of sp³-hybridized carbons (Fsp3) is 0.684. The predicted octanol–water partition coefficient (Wildman–Crippen LogP) is 5.32. The van der Waals surface area contributed by atoms with Crippen LogP contribution in [0.2, 0.25) is 0 Å². The molecule has 21 heavy (non-hydrogen) atoms. The summed E-state index contributed by atoms with van der Waals surface area (Å²) in [5.41, 5.74) is 1.31. The Labute approximate surface area is 131 Å². The Morgan fingerprint density at radius 2 is 1.67 bits per heavy atom. The van der Waals surface area contributed by atoms with Gasteiger partial charge in [-0.15, -0.1) is 0 Å². The second kappa shape index (κ2) is 12.7. The molecule has 0 heterocycles. The summed E-state index contributed by atoms with van der Waals surface area (Å²) in [6.45, 7) is 7.36. The zero-order valence-electron chi connectivity index (χ0n) is 14.0. The summed E-state index contributed by atoms with van der Waals surface area (Å²) in [5, 5.41) is 3.47. The maximum absolute atomic E-state index is 5.85. The van der Waals surface area contributed by atoms with Crippen LogP contribution in [0.1, 0.15) is 70.8 Å². The van der Waals surface area contributed by atoms with Crippen molar-refractivity contribution in [2.75, 3.05) is 13.2 Å². The number of rotatable bonds is 13. The largest absolute Gasteiger partial charge is 0.494 e. The molecule has 0 aliphatic heterocycles. The van der Waals surface area contributed by atoms with Crippen molar-refractivity contribution in [3.05, 3.63) is 29.8 Å². The van der Waals surface area contributed by atoms with E-state index in [2.05, 4.69) is 43.4 Å². The van der Waals surface area contributed by atoms with E-state index < -0.39 is 0 Å². The van der Waals surface area contributed by atoms with Gasteiger partial charge in [-0.1, -0.05) is 64.5 Å². The molecule has 2 heteroatoms. The van der Waals surface area contributed by atoms with E-state index in [1.54, 1.807) is 0 Å². The summed E-state index contributed by atoms with van der Waals surface area (Å²) >= 11 is 0. The minimum atomic E-state index is 0.846. The van der Waals surface area contributed by atoms with Crippen molar-refractivity contribution in [1.29, 1.82) is 0 Å². The van der Waals surface area contributed by atoms with Crippen molar-refractivity contribution < 1.29 is 4.74 Å². The third-order valence-corrected chi connectivity index (χ3v) is 3.70. The van der Waals surface area contributed by atoms with Crippen molar-refractivity contribution in [1.82, 2.24) is 5.32 Å². The number of benzene rings is 1. The van der Waals surface area contributed by atoms with Crippen molar-refractivity contribution in [3.8, 4) is 5.75 Å². The maximum Gasteiger partial charge on any atom is 0.119 e. The molecule has 0 spiro atoms. The normalized spacial score (nSPS) is 10.8. The van der Waals surface area contributed by atoms with Crippen molar-refractivity contribution in [2.45, 2.75) is 71.8 Å². The zero-order chi connectivity index (χ0) is 15.2. The summed E-state index contributed by atoms with van der Waals surface area (Å²) in [7, 11) is 0. The Bertz CT molecular complexity index is 351. The molecule has 0 atom stereocenters. The average molecular weight is 291 g/mol. The van der Waals surface area contributed by atoms with Gasteiger partial charge in [-0.25, -0.2) is 0 Å². The van der Waals surface area contributed by atoms with Gasteiger partial charge in [0.2, 0.25) is 0 Å². The molecule has 0 aromatic heterocycles. The van der Waals surface area contributed by atoms with E-state index in [1.165, 1.54) is 56.9 Å². The van der Waals surface area contributed by atoms with E-state index >= 15 is 0 Å². The highest BCUT2D eigenvalue weighted by Gasteiger charge is 1.97. The first-order valence-corrected chi connectivity index (χ1v) is 8.79. The molecule has 0 radical (unpaired) electrons. The number of hydrogen-bond acceptors (Lipinski definition) is 2. The van der Waals surface area contributed by atoms with Gasteiger partial charge >= 0.3 is 0 Å².